The van der Waals surface area contributed by atoms with Gasteiger partial charge < -0.3 is 15.4 Å². The van der Waals surface area contributed by atoms with Crippen LogP contribution in [0.3, 0.4) is 0 Å². The molecule has 0 spiro atoms. The van der Waals surface area contributed by atoms with E-state index < -0.39 is 0 Å². The SMILES string of the molecule is COc1cccc(NCCC(=O)Nc2c(C)cc(C)cc2Cl)c1. The Bertz CT molecular complexity index is 678. The van der Waals surface area contributed by atoms with Gasteiger partial charge in [-0.05, 0) is 43.2 Å². The minimum atomic E-state index is -0.0748. The van der Waals surface area contributed by atoms with Crippen LogP contribution < -0.4 is 15.4 Å². The van der Waals surface area contributed by atoms with Crippen LogP contribution in [0.15, 0.2) is 36.4 Å². The molecule has 0 fully saturated rings. The zero-order valence-electron chi connectivity index (χ0n) is 13.6. The molecule has 0 unspecified atom stereocenters. The number of anilines is 2. The van der Waals surface area contributed by atoms with E-state index in [4.69, 9.17) is 16.3 Å². The third-order valence-electron chi connectivity index (χ3n) is 3.45. The number of carbonyl (C=O) groups is 1. The van der Waals surface area contributed by atoms with Crippen molar-refractivity contribution < 1.29 is 9.53 Å². The van der Waals surface area contributed by atoms with Crippen molar-refractivity contribution in [2.75, 3.05) is 24.3 Å². The van der Waals surface area contributed by atoms with Crippen LogP contribution in [-0.2, 0) is 4.79 Å². The maximum atomic E-state index is 12.1. The van der Waals surface area contributed by atoms with Crippen LogP contribution >= 0.6 is 11.6 Å². The minimum Gasteiger partial charge on any atom is -0.497 e. The Kier molecular flexibility index (Phi) is 5.88. The van der Waals surface area contributed by atoms with Gasteiger partial charge in [-0.25, -0.2) is 0 Å². The molecule has 23 heavy (non-hydrogen) atoms. The molecule has 2 aromatic rings. The predicted octanol–water partition coefficient (Wildman–Crippen LogP) is 4.41. The van der Waals surface area contributed by atoms with E-state index in [-0.39, 0.29) is 5.91 Å². The van der Waals surface area contributed by atoms with Crippen molar-refractivity contribution in [1.29, 1.82) is 0 Å². The van der Waals surface area contributed by atoms with E-state index in [1.54, 1.807) is 7.11 Å². The van der Waals surface area contributed by atoms with Crippen LogP contribution in [0, 0.1) is 13.8 Å². The zero-order valence-corrected chi connectivity index (χ0v) is 14.3. The van der Waals surface area contributed by atoms with Crippen LogP contribution in [0.4, 0.5) is 11.4 Å². The Morgan fingerprint density at radius 1 is 1.22 bits per heavy atom. The Balaban J connectivity index is 1.88. The number of hydrogen-bond donors (Lipinski definition) is 2. The Morgan fingerprint density at radius 3 is 2.70 bits per heavy atom. The van der Waals surface area contributed by atoms with Crippen LogP contribution in [-0.4, -0.2) is 19.6 Å². The van der Waals surface area contributed by atoms with Gasteiger partial charge in [0.05, 0.1) is 17.8 Å². The molecule has 0 saturated carbocycles. The number of halogens is 1. The molecule has 0 atom stereocenters. The fourth-order valence-corrected chi connectivity index (χ4v) is 2.70. The largest absolute Gasteiger partial charge is 0.497 e. The summed E-state index contributed by atoms with van der Waals surface area (Å²) in [5, 5.41) is 6.65. The molecule has 2 rings (SSSR count). The van der Waals surface area contributed by atoms with Crippen molar-refractivity contribution in [2.45, 2.75) is 20.3 Å². The fraction of sp³-hybridized carbons (Fsp3) is 0.278. The molecular formula is C18H21ClN2O2. The van der Waals surface area contributed by atoms with Gasteiger partial charge >= 0.3 is 0 Å². The highest BCUT2D eigenvalue weighted by Gasteiger charge is 2.09. The van der Waals surface area contributed by atoms with Gasteiger partial charge in [-0.3, -0.25) is 4.79 Å². The number of amides is 1. The van der Waals surface area contributed by atoms with Gasteiger partial charge in [0.2, 0.25) is 5.91 Å². The molecule has 0 aliphatic heterocycles. The molecule has 5 heteroatoms. The number of benzene rings is 2. The maximum absolute atomic E-state index is 12.1. The summed E-state index contributed by atoms with van der Waals surface area (Å²) in [5.41, 5.74) is 3.64. The lowest BCUT2D eigenvalue weighted by molar-refractivity contribution is -0.115. The summed E-state index contributed by atoms with van der Waals surface area (Å²) < 4.78 is 5.16. The smallest absolute Gasteiger partial charge is 0.226 e. The van der Waals surface area contributed by atoms with E-state index in [9.17, 15) is 4.79 Å². The minimum absolute atomic E-state index is 0.0748. The first kappa shape index (κ1) is 17.2. The van der Waals surface area contributed by atoms with E-state index >= 15 is 0 Å². The highest BCUT2D eigenvalue weighted by Crippen LogP contribution is 2.27. The van der Waals surface area contributed by atoms with Crippen molar-refractivity contribution >= 4 is 28.9 Å². The quantitative estimate of drug-likeness (QED) is 0.824. The number of hydrogen-bond acceptors (Lipinski definition) is 3. The fourth-order valence-electron chi connectivity index (χ4n) is 2.33. The monoisotopic (exact) mass is 332 g/mol. The van der Waals surface area contributed by atoms with Crippen molar-refractivity contribution in [3.8, 4) is 5.75 Å². The molecule has 0 saturated heterocycles. The van der Waals surface area contributed by atoms with Crippen LogP contribution in [0.1, 0.15) is 17.5 Å². The number of nitrogens with one attached hydrogen (secondary N) is 2. The highest BCUT2D eigenvalue weighted by atomic mass is 35.5. The Labute approximate surface area is 141 Å². The normalized spacial score (nSPS) is 10.3. The summed E-state index contributed by atoms with van der Waals surface area (Å²) in [6.07, 6.45) is 0.348. The maximum Gasteiger partial charge on any atom is 0.226 e. The number of aryl methyl sites for hydroxylation is 2. The Hall–Kier alpha value is -2.20. The third-order valence-corrected chi connectivity index (χ3v) is 3.75. The molecule has 0 bridgehead atoms. The molecule has 2 N–H and O–H groups in total. The van der Waals surface area contributed by atoms with Gasteiger partial charge in [-0.2, -0.15) is 0 Å². The van der Waals surface area contributed by atoms with Crippen LogP contribution in [0.5, 0.6) is 5.75 Å². The molecule has 0 radical (unpaired) electrons. The van der Waals surface area contributed by atoms with E-state index in [1.165, 1.54) is 0 Å². The summed E-state index contributed by atoms with van der Waals surface area (Å²) in [5.74, 6) is 0.704. The topological polar surface area (TPSA) is 50.4 Å². The summed E-state index contributed by atoms with van der Waals surface area (Å²) in [7, 11) is 1.63. The van der Waals surface area contributed by atoms with Crippen molar-refractivity contribution in [2.24, 2.45) is 0 Å². The summed E-state index contributed by atoms with van der Waals surface area (Å²) in [6, 6.07) is 11.4. The van der Waals surface area contributed by atoms with Crippen molar-refractivity contribution in [3.05, 3.63) is 52.5 Å². The second-order valence-corrected chi connectivity index (χ2v) is 5.80. The van der Waals surface area contributed by atoms with Gasteiger partial charge in [-0.15, -0.1) is 0 Å². The Morgan fingerprint density at radius 2 is 2.00 bits per heavy atom. The molecule has 4 nitrogen and oxygen atoms in total. The van der Waals surface area contributed by atoms with Gasteiger partial charge in [0, 0.05) is 24.7 Å². The highest BCUT2D eigenvalue weighted by molar-refractivity contribution is 6.34. The second-order valence-electron chi connectivity index (χ2n) is 5.40. The first-order chi connectivity index (χ1) is 11.0. The summed E-state index contributed by atoms with van der Waals surface area (Å²) >= 11 is 6.20. The molecule has 0 aliphatic rings. The van der Waals surface area contributed by atoms with E-state index in [0.717, 1.165) is 22.6 Å². The molecule has 2 aromatic carbocycles. The molecular weight excluding hydrogens is 312 g/mol. The van der Waals surface area contributed by atoms with Gasteiger partial charge in [0.15, 0.2) is 0 Å². The molecule has 0 aliphatic carbocycles. The summed E-state index contributed by atoms with van der Waals surface area (Å²) in [4.78, 5) is 12.1. The van der Waals surface area contributed by atoms with E-state index in [1.807, 2.05) is 50.2 Å². The lowest BCUT2D eigenvalue weighted by Crippen LogP contribution is -2.17. The van der Waals surface area contributed by atoms with Gasteiger partial charge in [-0.1, -0.05) is 23.7 Å². The molecule has 0 aromatic heterocycles. The van der Waals surface area contributed by atoms with Crippen LogP contribution in [0.25, 0.3) is 0 Å². The molecule has 1 amide bonds. The van der Waals surface area contributed by atoms with Gasteiger partial charge in [0.25, 0.3) is 0 Å². The number of methoxy groups -OCH3 is 1. The molecule has 122 valence electrons. The third kappa shape index (κ3) is 4.89. The van der Waals surface area contributed by atoms with Gasteiger partial charge in [0.1, 0.15) is 5.75 Å². The zero-order chi connectivity index (χ0) is 16.8. The lowest BCUT2D eigenvalue weighted by Gasteiger charge is -2.12. The summed E-state index contributed by atoms with van der Waals surface area (Å²) in [6.45, 7) is 4.44. The van der Waals surface area contributed by atoms with Crippen molar-refractivity contribution in [1.82, 2.24) is 0 Å². The second kappa shape index (κ2) is 7.88. The molecule has 0 heterocycles. The standard InChI is InChI=1S/C18H21ClN2O2/c1-12-9-13(2)18(16(19)10-12)21-17(22)7-8-20-14-5-4-6-15(11-14)23-3/h4-6,9-11,20H,7-8H2,1-3H3,(H,21,22). The number of carbonyl (C=O) groups excluding carboxylic acids is 1. The number of rotatable bonds is 6. The first-order valence-electron chi connectivity index (χ1n) is 7.44. The lowest BCUT2D eigenvalue weighted by atomic mass is 10.1. The van der Waals surface area contributed by atoms with E-state index in [0.29, 0.717) is 23.7 Å². The average molecular weight is 333 g/mol. The van der Waals surface area contributed by atoms with Crippen molar-refractivity contribution in [3.63, 3.8) is 0 Å². The first-order valence-corrected chi connectivity index (χ1v) is 7.82. The predicted molar refractivity (Wildman–Crippen MR) is 95.7 cm³/mol. The van der Waals surface area contributed by atoms with Crippen LogP contribution in [0.2, 0.25) is 5.02 Å². The average Bonchev–Trinajstić information content (AvgIpc) is 2.51. The van der Waals surface area contributed by atoms with E-state index in [2.05, 4.69) is 10.6 Å². The number of ether oxygens (including phenoxy) is 1.